The smallest absolute Gasteiger partial charge is 0.408 e. The molecule has 3 unspecified atom stereocenters. The molecule has 0 aliphatic carbocycles. The van der Waals surface area contributed by atoms with Gasteiger partial charge in [-0.05, 0) is 63.7 Å². The highest BCUT2D eigenvalue weighted by Crippen LogP contribution is 2.46. The molecule has 4 aliphatic rings. The van der Waals surface area contributed by atoms with Crippen molar-refractivity contribution >= 4 is 12.0 Å². The van der Waals surface area contributed by atoms with Crippen LogP contribution in [-0.2, 0) is 4.79 Å². The molecule has 6 heteroatoms. The minimum absolute atomic E-state index is 0.160. The molecule has 152 valence electrons. The second-order valence-electron chi connectivity index (χ2n) is 9.34. The Hall–Kier alpha value is -1.30. The number of carboxylic acid groups (broad SMARTS) is 1. The van der Waals surface area contributed by atoms with E-state index in [0.29, 0.717) is 24.3 Å². The van der Waals surface area contributed by atoms with Crippen LogP contribution in [0.5, 0.6) is 0 Å². The average Bonchev–Trinajstić information content (AvgIpc) is 2.63. The largest absolute Gasteiger partial charge is 0.465 e. The van der Waals surface area contributed by atoms with E-state index in [1.165, 1.54) is 6.42 Å². The van der Waals surface area contributed by atoms with Gasteiger partial charge < -0.3 is 10.0 Å². The molecule has 2 amide bonds. The molecule has 2 bridgehead atoms. The topological polar surface area (TPSA) is 64.1 Å². The third kappa shape index (κ3) is 3.57. The van der Waals surface area contributed by atoms with Gasteiger partial charge in [0.2, 0.25) is 5.91 Å². The predicted molar refractivity (Wildman–Crippen MR) is 104 cm³/mol. The van der Waals surface area contributed by atoms with Crippen LogP contribution >= 0.6 is 0 Å². The van der Waals surface area contributed by atoms with E-state index in [-0.39, 0.29) is 11.6 Å². The molecule has 0 aromatic heterocycles. The Morgan fingerprint density at radius 2 is 1.81 bits per heavy atom. The molecule has 0 radical (unpaired) electrons. The molecule has 0 aromatic rings. The number of amides is 2. The van der Waals surface area contributed by atoms with E-state index in [1.807, 2.05) is 4.90 Å². The Morgan fingerprint density at radius 1 is 1.07 bits per heavy atom. The standard InChI is InChI=1S/C21H35N3O3/c1-2-21-8-6-7-17(24(21)20(26)27)12-18(13-21)23-14-16(15-23)11-19(25)22-9-4-3-5-10-22/h16-18H,2-15H2,1H3,(H,26,27). The molecule has 1 N–H and O–H groups in total. The van der Waals surface area contributed by atoms with Gasteiger partial charge in [0.05, 0.1) is 0 Å². The monoisotopic (exact) mass is 377 g/mol. The molecular formula is C21H35N3O3. The van der Waals surface area contributed by atoms with Gasteiger partial charge in [0.25, 0.3) is 0 Å². The van der Waals surface area contributed by atoms with Gasteiger partial charge in [-0.2, -0.15) is 0 Å². The molecule has 0 spiro atoms. The van der Waals surface area contributed by atoms with Crippen molar-refractivity contribution in [2.75, 3.05) is 26.2 Å². The summed E-state index contributed by atoms with van der Waals surface area (Å²) in [4.78, 5) is 30.8. The summed E-state index contributed by atoms with van der Waals surface area (Å²) in [5.74, 6) is 0.844. The molecule has 4 saturated heterocycles. The lowest BCUT2D eigenvalue weighted by molar-refractivity contribution is -0.136. The molecule has 0 aromatic carbocycles. The van der Waals surface area contributed by atoms with Gasteiger partial charge in [-0.15, -0.1) is 0 Å². The fraction of sp³-hybridized carbons (Fsp3) is 0.905. The molecule has 0 saturated carbocycles. The van der Waals surface area contributed by atoms with Gasteiger partial charge in [0.15, 0.2) is 0 Å². The normalized spacial score (nSPS) is 35.0. The van der Waals surface area contributed by atoms with E-state index >= 15 is 0 Å². The van der Waals surface area contributed by atoms with Gasteiger partial charge >= 0.3 is 6.09 Å². The molecule has 6 nitrogen and oxygen atoms in total. The number of hydrogen-bond donors (Lipinski definition) is 1. The van der Waals surface area contributed by atoms with Gasteiger partial charge in [-0.25, -0.2) is 4.79 Å². The number of piperidine rings is 3. The van der Waals surface area contributed by atoms with Gasteiger partial charge in [0, 0.05) is 50.2 Å². The van der Waals surface area contributed by atoms with Crippen molar-refractivity contribution in [3.63, 3.8) is 0 Å². The number of carbonyl (C=O) groups excluding carboxylic acids is 1. The lowest BCUT2D eigenvalue weighted by Gasteiger charge is -2.59. The van der Waals surface area contributed by atoms with Crippen molar-refractivity contribution in [1.82, 2.24) is 14.7 Å². The van der Waals surface area contributed by atoms with Gasteiger partial charge in [0.1, 0.15) is 0 Å². The first kappa shape index (κ1) is 19.0. The number of fused-ring (bicyclic) bond motifs is 2. The molecule has 4 heterocycles. The van der Waals surface area contributed by atoms with Crippen molar-refractivity contribution in [3.05, 3.63) is 0 Å². The van der Waals surface area contributed by atoms with E-state index < -0.39 is 6.09 Å². The summed E-state index contributed by atoms with van der Waals surface area (Å²) in [6.45, 7) is 6.08. The summed E-state index contributed by atoms with van der Waals surface area (Å²) >= 11 is 0. The summed E-state index contributed by atoms with van der Waals surface area (Å²) < 4.78 is 0. The first-order valence-corrected chi connectivity index (χ1v) is 11.1. The molecule has 27 heavy (non-hydrogen) atoms. The maximum Gasteiger partial charge on any atom is 0.408 e. The van der Waals surface area contributed by atoms with Gasteiger partial charge in [-0.3, -0.25) is 14.6 Å². The van der Waals surface area contributed by atoms with Crippen LogP contribution in [0.1, 0.15) is 71.1 Å². The summed E-state index contributed by atoms with van der Waals surface area (Å²) in [6.07, 6.45) is 9.58. The van der Waals surface area contributed by atoms with E-state index in [9.17, 15) is 14.7 Å². The Bertz CT molecular complexity index is 571. The number of rotatable bonds is 4. The van der Waals surface area contributed by atoms with Crippen molar-refractivity contribution in [2.24, 2.45) is 5.92 Å². The Labute approximate surface area is 162 Å². The second-order valence-corrected chi connectivity index (χ2v) is 9.34. The Balaban J connectivity index is 1.32. The number of carbonyl (C=O) groups is 2. The van der Waals surface area contributed by atoms with E-state index in [0.717, 1.165) is 77.5 Å². The van der Waals surface area contributed by atoms with Crippen molar-refractivity contribution in [1.29, 1.82) is 0 Å². The number of likely N-dealkylation sites (tertiary alicyclic amines) is 2. The minimum Gasteiger partial charge on any atom is -0.465 e. The van der Waals surface area contributed by atoms with Crippen molar-refractivity contribution in [2.45, 2.75) is 88.8 Å². The zero-order chi connectivity index (χ0) is 19.0. The number of hydrogen-bond acceptors (Lipinski definition) is 3. The Kier molecular flexibility index (Phi) is 5.36. The highest BCUT2D eigenvalue weighted by molar-refractivity contribution is 5.76. The average molecular weight is 378 g/mol. The lowest BCUT2D eigenvalue weighted by Crippen LogP contribution is -2.67. The van der Waals surface area contributed by atoms with Gasteiger partial charge in [-0.1, -0.05) is 6.92 Å². The molecule has 4 rings (SSSR count). The predicted octanol–water partition coefficient (Wildman–Crippen LogP) is 3.16. The first-order chi connectivity index (χ1) is 13.0. The Morgan fingerprint density at radius 3 is 2.48 bits per heavy atom. The highest BCUT2D eigenvalue weighted by atomic mass is 16.4. The van der Waals surface area contributed by atoms with E-state index in [2.05, 4.69) is 16.7 Å². The molecule has 4 aliphatic heterocycles. The molecule has 3 atom stereocenters. The summed E-state index contributed by atoms with van der Waals surface area (Å²) in [5, 5.41) is 9.77. The van der Waals surface area contributed by atoms with Crippen molar-refractivity contribution in [3.8, 4) is 0 Å². The van der Waals surface area contributed by atoms with Crippen LogP contribution in [0.4, 0.5) is 4.79 Å². The van der Waals surface area contributed by atoms with Crippen LogP contribution in [0.3, 0.4) is 0 Å². The molecular weight excluding hydrogens is 342 g/mol. The third-order valence-electron chi connectivity index (χ3n) is 7.75. The zero-order valence-corrected chi connectivity index (χ0v) is 16.7. The summed E-state index contributed by atoms with van der Waals surface area (Å²) in [6, 6.07) is 0.677. The van der Waals surface area contributed by atoms with Crippen LogP contribution in [0, 0.1) is 5.92 Å². The van der Waals surface area contributed by atoms with E-state index in [4.69, 9.17) is 0 Å². The fourth-order valence-electron chi connectivity index (χ4n) is 6.25. The third-order valence-corrected chi connectivity index (χ3v) is 7.75. The second kappa shape index (κ2) is 7.61. The maximum absolute atomic E-state index is 12.5. The zero-order valence-electron chi connectivity index (χ0n) is 16.7. The summed E-state index contributed by atoms with van der Waals surface area (Å²) in [5.41, 5.74) is -0.160. The van der Waals surface area contributed by atoms with Crippen LogP contribution in [0.25, 0.3) is 0 Å². The molecule has 4 fully saturated rings. The SMILES string of the molecule is CCC12CCCC(CC(N3CC(CC(=O)N4CCCCC4)C3)C1)N2C(=O)O. The van der Waals surface area contributed by atoms with Crippen molar-refractivity contribution < 1.29 is 14.7 Å². The first-order valence-electron chi connectivity index (χ1n) is 11.1. The fourth-order valence-corrected chi connectivity index (χ4v) is 6.25. The van der Waals surface area contributed by atoms with E-state index in [1.54, 1.807) is 0 Å². The van der Waals surface area contributed by atoms with Crippen LogP contribution in [0.2, 0.25) is 0 Å². The quantitative estimate of drug-likeness (QED) is 0.817. The van der Waals surface area contributed by atoms with Crippen LogP contribution in [0.15, 0.2) is 0 Å². The lowest BCUT2D eigenvalue weighted by atomic mass is 9.70. The highest BCUT2D eigenvalue weighted by Gasteiger charge is 2.52. The maximum atomic E-state index is 12.5. The summed E-state index contributed by atoms with van der Waals surface area (Å²) in [7, 11) is 0. The van der Waals surface area contributed by atoms with Crippen LogP contribution < -0.4 is 0 Å². The minimum atomic E-state index is -0.728. The number of nitrogens with zero attached hydrogens (tertiary/aromatic N) is 3. The van der Waals surface area contributed by atoms with Crippen LogP contribution in [-0.4, -0.2) is 75.6 Å².